The Kier molecular flexibility index (Phi) is 5.33. The zero-order chi connectivity index (χ0) is 14.7. The zero-order valence-electron chi connectivity index (χ0n) is 10.7. The molecule has 2 rings (SSSR count). The molecule has 0 amide bonds. The average molecular weight is 376 g/mol. The van der Waals surface area contributed by atoms with Crippen molar-refractivity contribution in [2.75, 3.05) is 6.61 Å². The Morgan fingerprint density at radius 3 is 2.40 bits per heavy atom. The topological polar surface area (TPSA) is 29.5 Å². The number of ether oxygens (including phenoxy) is 1. The van der Waals surface area contributed by atoms with E-state index in [4.69, 9.17) is 27.9 Å². The lowest BCUT2D eigenvalue weighted by molar-refractivity contribution is 0.220. The van der Waals surface area contributed by atoms with Gasteiger partial charge in [0.15, 0.2) is 0 Å². The Balaban J connectivity index is 2.39. The van der Waals surface area contributed by atoms with Crippen molar-refractivity contribution in [3.63, 3.8) is 0 Å². The second kappa shape index (κ2) is 6.81. The standard InChI is InChI=1S/C15H13BrCl2O2/c1-2-20-13-7-6-9(8-10(13)16)15(19)14-11(17)4-3-5-12(14)18/h3-8,15,19H,2H2,1H3. The van der Waals surface area contributed by atoms with Crippen molar-refractivity contribution in [1.82, 2.24) is 0 Å². The third-order valence-corrected chi connectivity index (χ3v) is 4.12. The van der Waals surface area contributed by atoms with Crippen LogP contribution in [0.1, 0.15) is 24.2 Å². The number of halogens is 3. The minimum Gasteiger partial charge on any atom is -0.493 e. The summed E-state index contributed by atoms with van der Waals surface area (Å²) in [5.74, 6) is 0.730. The molecule has 2 aromatic carbocycles. The number of aliphatic hydroxyl groups is 1. The first-order valence-electron chi connectivity index (χ1n) is 6.08. The van der Waals surface area contributed by atoms with Crippen LogP contribution in [-0.4, -0.2) is 11.7 Å². The predicted octanol–water partition coefficient (Wildman–Crippen LogP) is 5.24. The molecule has 0 aromatic heterocycles. The predicted molar refractivity (Wildman–Crippen MR) is 85.8 cm³/mol. The van der Waals surface area contributed by atoms with E-state index >= 15 is 0 Å². The molecule has 0 bridgehead atoms. The van der Waals surface area contributed by atoms with Crippen LogP contribution in [0.25, 0.3) is 0 Å². The van der Waals surface area contributed by atoms with E-state index < -0.39 is 6.10 Å². The highest BCUT2D eigenvalue weighted by atomic mass is 79.9. The van der Waals surface area contributed by atoms with Crippen LogP contribution < -0.4 is 4.74 Å². The molecule has 106 valence electrons. The van der Waals surface area contributed by atoms with Gasteiger partial charge in [0.25, 0.3) is 0 Å². The van der Waals surface area contributed by atoms with Gasteiger partial charge in [0.05, 0.1) is 11.1 Å². The Bertz CT molecular complexity index is 597. The van der Waals surface area contributed by atoms with Gasteiger partial charge in [0.2, 0.25) is 0 Å². The van der Waals surface area contributed by atoms with Crippen molar-refractivity contribution in [2.24, 2.45) is 0 Å². The van der Waals surface area contributed by atoms with Gasteiger partial charge >= 0.3 is 0 Å². The summed E-state index contributed by atoms with van der Waals surface area (Å²) in [7, 11) is 0. The second-order valence-electron chi connectivity index (χ2n) is 4.16. The molecule has 1 unspecified atom stereocenters. The molecule has 0 fully saturated rings. The van der Waals surface area contributed by atoms with Crippen LogP contribution in [0.15, 0.2) is 40.9 Å². The number of aliphatic hydroxyl groups excluding tert-OH is 1. The molecule has 0 spiro atoms. The summed E-state index contributed by atoms with van der Waals surface area (Å²) in [5, 5.41) is 11.3. The molecular formula is C15H13BrCl2O2. The van der Waals surface area contributed by atoms with Crippen LogP contribution in [0.5, 0.6) is 5.75 Å². The zero-order valence-corrected chi connectivity index (χ0v) is 13.8. The van der Waals surface area contributed by atoms with Gasteiger partial charge in [-0.2, -0.15) is 0 Å². The van der Waals surface area contributed by atoms with Crippen LogP contribution in [0, 0.1) is 0 Å². The van der Waals surface area contributed by atoms with Crippen LogP contribution in [-0.2, 0) is 0 Å². The van der Waals surface area contributed by atoms with E-state index in [0.717, 1.165) is 10.2 Å². The molecule has 0 saturated heterocycles. The maximum absolute atomic E-state index is 10.5. The molecule has 2 nitrogen and oxygen atoms in total. The van der Waals surface area contributed by atoms with E-state index in [0.29, 0.717) is 27.8 Å². The normalized spacial score (nSPS) is 12.2. The van der Waals surface area contributed by atoms with Crippen LogP contribution in [0.2, 0.25) is 10.0 Å². The Morgan fingerprint density at radius 1 is 1.20 bits per heavy atom. The van der Waals surface area contributed by atoms with E-state index in [9.17, 15) is 5.11 Å². The van der Waals surface area contributed by atoms with Crippen molar-refractivity contribution in [3.8, 4) is 5.75 Å². The highest BCUT2D eigenvalue weighted by Gasteiger charge is 2.18. The van der Waals surface area contributed by atoms with Crippen molar-refractivity contribution in [3.05, 3.63) is 62.0 Å². The number of rotatable bonds is 4. The van der Waals surface area contributed by atoms with Crippen molar-refractivity contribution in [2.45, 2.75) is 13.0 Å². The van der Waals surface area contributed by atoms with Gasteiger partial charge in [-0.15, -0.1) is 0 Å². The maximum Gasteiger partial charge on any atom is 0.133 e. The minimum absolute atomic E-state index is 0.440. The number of hydrogen-bond acceptors (Lipinski definition) is 2. The lowest BCUT2D eigenvalue weighted by Crippen LogP contribution is -2.02. The summed E-state index contributed by atoms with van der Waals surface area (Å²) >= 11 is 15.7. The molecule has 1 N–H and O–H groups in total. The summed E-state index contributed by atoms with van der Waals surface area (Å²) in [4.78, 5) is 0. The fraction of sp³-hybridized carbons (Fsp3) is 0.200. The summed E-state index contributed by atoms with van der Waals surface area (Å²) in [6.07, 6.45) is -0.886. The van der Waals surface area contributed by atoms with Crippen molar-refractivity contribution >= 4 is 39.1 Å². The third kappa shape index (κ3) is 3.29. The lowest BCUT2D eigenvalue weighted by Gasteiger charge is -2.16. The van der Waals surface area contributed by atoms with E-state index in [1.165, 1.54) is 0 Å². The molecule has 0 aliphatic heterocycles. The second-order valence-corrected chi connectivity index (χ2v) is 5.83. The molecule has 0 radical (unpaired) electrons. The van der Waals surface area contributed by atoms with Gasteiger partial charge in [-0.1, -0.05) is 35.3 Å². The van der Waals surface area contributed by atoms with E-state index in [2.05, 4.69) is 15.9 Å². The summed E-state index contributed by atoms with van der Waals surface area (Å²) in [6.45, 7) is 2.50. The fourth-order valence-corrected chi connectivity index (χ4v) is 3.01. The average Bonchev–Trinajstić information content (AvgIpc) is 2.41. The van der Waals surface area contributed by atoms with Gasteiger partial charge < -0.3 is 9.84 Å². The minimum atomic E-state index is -0.886. The largest absolute Gasteiger partial charge is 0.493 e. The Morgan fingerprint density at radius 2 is 1.85 bits per heavy atom. The molecule has 5 heteroatoms. The summed E-state index contributed by atoms with van der Waals surface area (Å²) < 4.78 is 6.22. The monoisotopic (exact) mass is 374 g/mol. The molecule has 2 aromatic rings. The molecule has 0 saturated carbocycles. The highest BCUT2D eigenvalue weighted by molar-refractivity contribution is 9.10. The molecule has 1 atom stereocenters. The van der Waals surface area contributed by atoms with E-state index in [1.807, 2.05) is 6.92 Å². The molecule has 0 aliphatic rings. The maximum atomic E-state index is 10.5. The van der Waals surface area contributed by atoms with Gasteiger partial charge in [-0.25, -0.2) is 0 Å². The smallest absolute Gasteiger partial charge is 0.133 e. The summed E-state index contributed by atoms with van der Waals surface area (Å²) in [6, 6.07) is 10.5. The number of hydrogen-bond donors (Lipinski definition) is 1. The summed E-state index contributed by atoms with van der Waals surface area (Å²) in [5.41, 5.74) is 1.20. The van der Waals surface area contributed by atoms with Gasteiger partial charge in [-0.05, 0) is 52.7 Å². The van der Waals surface area contributed by atoms with Crippen molar-refractivity contribution < 1.29 is 9.84 Å². The van der Waals surface area contributed by atoms with E-state index in [-0.39, 0.29) is 0 Å². The van der Waals surface area contributed by atoms with Crippen molar-refractivity contribution in [1.29, 1.82) is 0 Å². The van der Waals surface area contributed by atoms with Gasteiger partial charge in [-0.3, -0.25) is 0 Å². The lowest BCUT2D eigenvalue weighted by atomic mass is 10.0. The SMILES string of the molecule is CCOc1ccc(C(O)c2c(Cl)cccc2Cl)cc1Br. The van der Waals surface area contributed by atoms with E-state index in [1.54, 1.807) is 36.4 Å². The third-order valence-electron chi connectivity index (χ3n) is 2.84. The highest BCUT2D eigenvalue weighted by Crippen LogP contribution is 2.36. The molecular weight excluding hydrogens is 363 g/mol. The molecule has 0 aliphatic carbocycles. The van der Waals surface area contributed by atoms with Crippen LogP contribution in [0.4, 0.5) is 0 Å². The van der Waals surface area contributed by atoms with Gasteiger partial charge in [0.1, 0.15) is 11.9 Å². The first-order chi connectivity index (χ1) is 9.54. The van der Waals surface area contributed by atoms with Crippen LogP contribution >= 0.6 is 39.1 Å². The number of benzene rings is 2. The molecule has 0 heterocycles. The first-order valence-corrected chi connectivity index (χ1v) is 7.63. The first kappa shape index (κ1) is 15.6. The molecule has 20 heavy (non-hydrogen) atoms. The Hall–Kier alpha value is -0.740. The van der Waals surface area contributed by atoms with Crippen LogP contribution in [0.3, 0.4) is 0 Å². The fourth-order valence-electron chi connectivity index (χ4n) is 1.90. The Labute approximate surface area is 136 Å². The van der Waals surface area contributed by atoms with Gasteiger partial charge in [0, 0.05) is 15.6 Å². The quantitative estimate of drug-likeness (QED) is 0.792.